The first kappa shape index (κ1) is 13.8. The van der Waals surface area contributed by atoms with E-state index in [-0.39, 0.29) is 11.8 Å². The van der Waals surface area contributed by atoms with Gasteiger partial charge in [-0.2, -0.15) is 0 Å². The Morgan fingerprint density at radius 3 is 2.00 bits per heavy atom. The second kappa shape index (κ2) is 6.52. The van der Waals surface area contributed by atoms with Crippen LogP contribution in [0.5, 0.6) is 0 Å². The van der Waals surface area contributed by atoms with Crippen LogP contribution in [0.3, 0.4) is 0 Å². The van der Waals surface area contributed by atoms with Crippen LogP contribution in [0, 0.1) is 0 Å². The summed E-state index contributed by atoms with van der Waals surface area (Å²) in [6, 6.07) is 17.3. The Hall–Kier alpha value is -2.62. The number of carbonyl (C=O) groups excluding carboxylic acids is 2. The van der Waals surface area contributed by atoms with Crippen molar-refractivity contribution in [1.29, 1.82) is 0 Å². The molecule has 2 aromatic rings. The molecule has 0 aliphatic rings. The molecule has 0 aliphatic carbocycles. The quantitative estimate of drug-likeness (QED) is 0.889. The van der Waals surface area contributed by atoms with Crippen LogP contribution >= 0.6 is 0 Å². The number of hydrogen-bond acceptors (Lipinski definition) is 2. The number of hydrogen-bond donors (Lipinski definition) is 2. The minimum absolute atomic E-state index is 0.250. The fourth-order valence-corrected chi connectivity index (χ4v) is 1.89. The Kier molecular flexibility index (Phi) is 4.50. The van der Waals surface area contributed by atoms with E-state index >= 15 is 0 Å². The van der Waals surface area contributed by atoms with E-state index in [9.17, 15) is 9.59 Å². The second-order valence-electron chi connectivity index (χ2n) is 4.30. The van der Waals surface area contributed by atoms with Gasteiger partial charge in [-0.3, -0.25) is 9.59 Å². The fraction of sp³-hybridized carbons (Fsp3) is 0.125. The van der Waals surface area contributed by atoms with Gasteiger partial charge in [0.25, 0.3) is 5.91 Å². The minimum Gasteiger partial charge on any atom is -0.357 e. The van der Waals surface area contributed by atoms with E-state index in [0.717, 1.165) is 5.56 Å². The first-order valence-electron chi connectivity index (χ1n) is 6.35. The zero-order valence-corrected chi connectivity index (χ0v) is 11.2. The maximum atomic E-state index is 12.2. The molecule has 2 aromatic carbocycles. The highest BCUT2D eigenvalue weighted by Gasteiger charge is 2.21. The molecule has 0 radical (unpaired) electrons. The lowest BCUT2D eigenvalue weighted by atomic mass is 10.1. The highest BCUT2D eigenvalue weighted by atomic mass is 16.2. The highest BCUT2D eigenvalue weighted by molar-refractivity contribution is 5.97. The van der Waals surface area contributed by atoms with Crippen LogP contribution in [0.2, 0.25) is 0 Å². The molecule has 2 amide bonds. The predicted octanol–water partition coefficient (Wildman–Crippen LogP) is 1.90. The Morgan fingerprint density at radius 1 is 0.900 bits per heavy atom. The zero-order chi connectivity index (χ0) is 14.4. The lowest BCUT2D eigenvalue weighted by Gasteiger charge is -2.17. The van der Waals surface area contributed by atoms with Gasteiger partial charge in [-0.15, -0.1) is 0 Å². The number of likely N-dealkylation sites (N-methyl/N-ethyl adjacent to an activating group) is 1. The van der Waals surface area contributed by atoms with Gasteiger partial charge in [0, 0.05) is 12.6 Å². The van der Waals surface area contributed by atoms with Crippen molar-refractivity contribution in [1.82, 2.24) is 10.6 Å². The molecule has 2 rings (SSSR count). The third-order valence-corrected chi connectivity index (χ3v) is 2.95. The molecule has 4 heteroatoms. The summed E-state index contributed by atoms with van der Waals surface area (Å²) in [6.45, 7) is 0. The molecule has 2 N–H and O–H groups in total. The summed E-state index contributed by atoms with van der Waals surface area (Å²) in [5, 5.41) is 5.32. The summed E-state index contributed by atoms with van der Waals surface area (Å²) in [7, 11) is 1.55. The Morgan fingerprint density at radius 2 is 1.45 bits per heavy atom. The molecule has 0 heterocycles. The summed E-state index contributed by atoms with van der Waals surface area (Å²) in [5.41, 5.74) is 1.27. The summed E-state index contributed by atoms with van der Waals surface area (Å²) in [6.07, 6.45) is 0. The summed E-state index contributed by atoms with van der Waals surface area (Å²) in [5.74, 6) is -0.525. The average Bonchev–Trinajstić information content (AvgIpc) is 2.53. The van der Waals surface area contributed by atoms with Crippen molar-refractivity contribution in [2.24, 2.45) is 0 Å². The van der Waals surface area contributed by atoms with Crippen LogP contribution in [0.4, 0.5) is 0 Å². The Bertz CT molecular complexity index is 582. The van der Waals surface area contributed by atoms with Crippen molar-refractivity contribution < 1.29 is 9.59 Å². The van der Waals surface area contributed by atoms with Crippen LogP contribution in [0.25, 0.3) is 0 Å². The van der Waals surface area contributed by atoms with Crippen LogP contribution in [-0.2, 0) is 4.79 Å². The van der Waals surface area contributed by atoms with E-state index in [2.05, 4.69) is 10.6 Å². The normalized spacial score (nSPS) is 11.4. The summed E-state index contributed by atoms with van der Waals surface area (Å²) in [4.78, 5) is 24.1. The van der Waals surface area contributed by atoms with E-state index < -0.39 is 6.04 Å². The van der Waals surface area contributed by atoms with Crippen molar-refractivity contribution >= 4 is 11.8 Å². The van der Waals surface area contributed by atoms with Gasteiger partial charge in [-0.1, -0.05) is 48.5 Å². The number of carbonyl (C=O) groups is 2. The van der Waals surface area contributed by atoms with Crippen molar-refractivity contribution in [3.05, 3.63) is 71.8 Å². The van der Waals surface area contributed by atoms with Crippen molar-refractivity contribution in [3.8, 4) is 0 Å². The first-order valence-corrected chi connectivity index (χ1v) is 6.35. The lowest BCUT2D eigenvalue weighted by molar-refractivity contribution is -0.122. The van der Waals surface area contributed by atoms with E-state index in [1.54, 1.807) is 31.3 Å². The topological polar surface area (TPSA) is 58.2 Å². The predicted molar refractivity (Wildman–Crippen MR) is 77.2 cm³/mol. The van der Waals surface area contributed by atoms with E-state index in [1.165, 1.54) is 0 Å². The molecule has 0 saturated heterocycles. The standard InChI is InChI=1S/C16H16N2O2/c1-17-16(20)14(12-8-4-2-5-9-12)18-15(19)13-10-6-3-7-11-13/h2-11,14H,1H3,(H,17,20)(H,18,19). The van der Waals surface area contributed by atoms with Crippen molar-refractivity contribution in [3.63, 3.8) is 0 Å². The van der Waals surface area contributed by atoms with Crippen LogP contribution in [0.1, 0.15) is 22.0 Å². The molecule has 1 unspecified atom stereocenters. The molecule has 102 valence electrons. The van der Waals surface area contributed by atoms with E-state index in [1.807, 2.05) is 36.4 Å². The number of rotatable bonds is 4. The Labute approximate surface area is 117 Å². The third kappa shape index (κ3) is 3.23. The molecular weight excluding hydrogens is 252 g/mol. The highest BCUT2D eigenvalue weighted by Crippen LogP contribution is 2.13. The molecule has 0 aromatic heterocycles. The Balaban J connectivity index is 2.21. The number of amides is 2. The lowest BCUT2D eigenvalue weighted by Crippen LogP contribution is -2.39. The maximum Gasteiger partial charge on any atom is 0.252 e. The third-order valence-electron chi connectivity index (χ3n) is 2.95. The van der Waals surface area contributed by atoms with Crippen LogP contribution in [-0.4, -0.2) is 18.9 Å². The molecule has 0 fully saturated rings. The molecule has 20 heavy (non-hydrogen) atoms. The zero-order valence-electron chi connectivity index (χ0n) is 11.2. The molecule has 0 spiro atoms. The van der Waals surface area contributed by atoms with Gasteiger partial charge in [0.05, 0.1) is 0 Å². The molecule has 4 nitrogen and oxygen atoms in total. The number of nitrogens with one attached hydrogen (secondary N) is 2. The van der Waals surface area contributed by atoms with Gasteiger partial charge in [-0.05, 0) is 17.7 Å². The first-order chi connectivity index (χ1) is 9.72. The molecule has 0 bridgehead atoms. The van der Waals surface area contributed by atoms with Gasteiger partial charge in [-0.25, -0.2) is 0 Å². The van der Waals surface area contributed by atoms with Crippen molar-refractivity contribution in [2.75, 3.05) is 7.05 Å². The molecule has 1 atom stereocenters. The molecular formula is C16H16N2O2. The smallest absolute Gasteiger partial charge is 0.252 e. The molecule has 0 aliphatic heterocycles. The SMILES string of the molecule is CNC(=O)C(NC(=O)c1ccccc1)c1ccccc1. The van der Waals surface area contributed by atoms with Gasteiger partial charge in [0.2, 0.25) is 5.91 Å². The van der Waals surface area contributed by atoms with E-state index in [0.29, 0.717) is 5.56 Å². The summed E-state index contributed by atoms with van der Waals surface area (Å²) < 4.78 is 0. The van der Waals surface area contributed by atoms with Crippen LogP contribution in [0.15, 0.2) is 60.7 Å². The number of benzene rings is 2. The fourth-order valence-electron chi connectivity index (χ4n) is 1.89. The average molecular weight is 268 g/mol. The minimum atomic E-state index is -0.700. The summed E-state index contributed by atoms with van der Waals surface area (Å²) >= 11 is 0. The maximum absolute atomic E-state index is 12.2. The van der Waals surface area contributed by atoms with Gasteiger partial charge >= 0.3 is 0 Å². The largest absolute Gasteiger partial charge is 0.357 e. The monoisotopic (exact) mass is 268 g/mol. The van der Waals surface area contributed by atoms with Crippen LogP contribution < -0.4 is 10.6 Å². The second-order valence-corrected chi connectivity index (χ2v) is 4.30. The van der Waals surface area contributed by atoms with Gasteiger partial charge < -0.3 is 10.6 Å². The van der Waals surface area contributed by atoms with E-state index in [4.69, 9.17) is 0 Å². The van der Waals surface area contributed by atoms with Gasteiger partial charge in [0.1, 0.15) is 6.04 Å². The van der Waals surface area contributed by atoms with Crippen molar-refractivity contribution in [2.45, 2.75) is 6.04 Å². The molecule has 0 saturated carbocycles. The van der Waals surface area contributed by atoms with Gasteiger partial charge in [0.15, 0.2) is 0 Å².